The van der Waals surface area contributed by atoms with Crippen LogP contribution >= 0.6 is 22.9 Å². The van der Waals surface area contributed by atoms with Crippen LogP contribution in [0.3, 0.4) is 0 Å². The van der Waals surface area contributed by atoms with Crippen molar-refractivity contribution in [1.82, 2.24) is 9.21 Å². The highest BCUT2D eigenvalue weighted by Gasteiger charge is 2.30. The minimum absolute atomic E-state index is 0.175. The molecule has 7 nitrogen and oxygen atoms in total. The van der Waals surface area contributed by atoms with Gasteiger partial charge in [-0.3, -0.25) is 4.79 Å². The summed E-state index contributed by atoms with van der Waals surface area (Å²) >= 11 is 7.49. The third kappa shape index (κ3) is 4.49. The van der Waals surface area contributed by atoms with Crippen LogP contribution in [0.5, 0.6) is 11.5 Å². The molecule has 1 aromatic heterocycles. The van der Waals surface area contributed by atoms with Crippen molar-refractivity contribution in [1.29, 1.82) is 0 Å². The fourth-order valence-corrected chi connectivity index (χ4v) is 6.15. The lowest BCUT2D eigenvalue weighted by Crippen LogP contribution is -2.50. The van der Waals surface area contributed by atoms with Crippen molar-refractivity contribution in [3.05, 3.63) is 46.3 Å². The molecule has 1 fully saturated rings. The molecule has 0 spiro atoms. The van der Waals surface area contributed by atoms with Gasteiger partial charge in [-0.2, -0.15) is 4.31 Å². The van der Waals surface area contributed by atoms with Crippen LogP contribution in [0, 0.1) is 0 Å². The van der Waals surface area contributed by atoms with Gasteiger partial charge in [-0.1, -0.05) is 17.7 Å². The van der Waals surface area contributed by atoms with Crippen LogP contribution < -0.4 is 9.47 Å². The normalized spacial score (nSPS) is 17.8. The molecule has 0 aliphatic carbocycles. The minimum Gasteiger partial charge on any atom is -0.489 e. The Morgan fingerprint density at radius 2 is 1.90 bits per heavy atom. The number of benzene rings is 1. The molecule has 0 saturated carbocycles. The fraction of sp³-hybridized carbons (Fsp3) is 0.350. The second kappa shape index (κ2) is 8.97. The number of carbonyl (C=O) groups excluding carboxylic acids is 1. The number of amides is 1. The van der Waals surface area contributed by atoms with Gasteiger partial charge in [0, 0.05) is 38.7 Å². The molecule has 2 aliphatic rings. The van der Waals surface area contributed by atoms with E-state index in [0.717, 1.165) is 12.0 Å². The summed E-state index contributed by atoms with van der Waals surface area (Å²) in [6.07, 6.45) is 3.93. The highest BCUT2D eigenvalue weighted by atomic mass is 35.5. The molecular weight excluding hydrogens is 448 g/mol. The molecule has 1 aromatic carbocycles. The molecular formula is C20H21ClN2O5S2. The minimum atomic E-state index is -3.48. The van der Waals surface area contributed by atoms with Gasteiger partial charge in [0.25, 0.3) is 10.0 Å². The van der Waals surface area contributed by atoms with Gasteiger partial charge in [-0.15, -0.1) is 11.3 Å². The van der Waals surface area contributed by atoms with E-state index in [1.807, 2.05) is 0 Å². The first-order chi connectivity index (χ1) is 14.4. The second-order valence-corrected chi connectivity index (χ2v) is 10.4. The predicted octanol–water partition coefficient (Wildman–Crippen LogP) is 3.11. The number of thiophene rings is 1. The van der Waals surface area contributed by atoms with Gasteiger partial charge in [-0.05, 0) is 35.2 Å². The lowest BCUT2D eigenvalue weighted by atomic mass is 10.1. The van der Waals surface area contributed by atoms with E-state index < -0.39 is 10.0 Å². The molecule has 4 rings (SSSR count). The van der Waals surface area contributed by atoms with Gasteiger partial charge in [0.2, 0.25) is 5.91 Å². The highest BCUT2D eigenvalue weighted by molar-refractivity contribution is 7.91. The standard InChI is InChI=1S/C20H21ClN2O5S2/c21-16-13-15(14-17-20(16)28-11-2-10-27-17)4-5-18(24)22-6-8-23(9-7-22)30(25,26)19-3-1-12-29-19/h1,3-5,12-14H,2,6-11H2. The average Bonchev–Trinajstić information content (AvgIpc) is 3.19. The van der Waals surface area contributed by atoms with Crippen molar-refractivity contribution in [2.24, 2.45) is 0 Å². The Kier molecular flexibility index (Phi) is 6.33. The van der Waals surface area contributed by atoms with Crippen molar-refractivity contribution < 1.29 is 22.7 Å². The summed E-state index contributed by atoms with van der Waals surface area (Å²) in [4.78, 5) is 14.2. The van der Waals surface area contributed by atoms with Gasteiger partial charge >= 0.3 is 0 Å². The largest absolute Gasteiger partial charge is 0.489 e. The fourth-order valence-electron chi connectivity index (χ4n) is 3.31. The van der Waals surface area contributed by atoms with E-state index in [-0.39, 0.29) is 19.0 Å². The zero-order valence-corrected chi connectivity index (χ0v) is 18.5. The predicted molar refractivity (Wildman–Crippen MR) is 116 cm³/mol. The number of fused-ring (bicyclic) bond motifs is 1. The van der Waals surface area contributed by atoms with Crippen molar-refractivity contribution in [2.45, 2.75) is 10.6 Å². The molecule has 10 heteroatoms. The van der Waals surface area contributed by atoms with Crippen LogP contribution in [0.4, 0.5) is 0 Å². The zero-order chi connectivity index (χ0) is 21.1. The SMILES string of the molecule is O=C(C=Cc1cc(Cl)c2c(c1)OCCCO2)N1CCN(S(=O)(=O)c2cccs2)CC1. The molecule has 1 saturated heterocycles. The lowest BCUT2D eigenvalue weighted by Gasteiger charge is -2.33. The molecule has 160 valence electrons. The third-order valence-electron chi connectivity index (χ3n) is 4.88. The van der Waals surface area contributed by atoms with Gasteiger partial charge in [0.1, 0.15) is 4.21 Å². The van der Waals surface area contributed by atoms with Crippen LogP contribution in [-0.2, 0) is 14.8 Å². The van der Waals surface area contributed by atoms with Crippen LogP contribution in [0.2, 0.25) is 5.02 Å². The number of carbonyl (C=O) groups is 1. The summed E-state index contributed by atoms with van der Waals surface area (Å²) in [6, 6.07) is 6.83. The summed E-state index contributed by atoms with van der Waals surface area (Å²) in [6.45, 7) is 2.33. The number of piperazine rings is 1. The number of nitrogens with zero attached hydrogens (tertiary/aromatic N) is 2. The van der Waals surface area contributed by atoms with Gasteiger partial charge in [0.05, 0.1) is 18.2 Å². The Bertz CT molecular complexity index is 1050. The number of hydrogen-bond donors (Lipinski definition) is 0. The second-order valence-electron chi connectivity index (χ2n) is 6.88. The van der Waals surface area contributed by atoms with Gasteiger partial charge < -0.3 is 14.4 Å². The molecule has 0 radical (unpaired) electrons. The van der Waals surface area contributed by atoms with E-state index in [9.17, 15) is 13.2 Å². The molecule has 0 N–H and O–H groups in total. The Labute approximate surface area is 184 Å². The number of sulfonamides is 1. The maximum Gasteiger partial charge on any atom is 0.252 e. The highest BCUT2D eigenvalue weighted by Crippen LogP contribution is 2.38. The van der Waals surface area contributed by atoms with Crippen LogP contribution in [0.15, 0.2) is 39.9 Å². The molecule has 0 bridgehead atoms. The molecule has 0 atom stereocenters. The zero-order valence-electron chi connectivity index (χ0n) is 16.1. The van der Waals surface area contributed by atoms with Gasteiger partial charge in [-0.25, -0.2) is 8.42 Å². The molecule has 3 heterocycles. The number of rotatable bonds is 4. The van der Waals surface area contributed by atoms with Crippen molar-refractivity contribution >= 4 is 44.9 Å². The first-order valence-corrected chi connectivity index (χ1v) is 12.2. The molecule has 0 unspecified atom stereocenters. The van der Waals surface area contributed by atoms with E-state index in [1.54, 1.807) is 40.6 Å². The maximum absolute atomic E-state index is 12.6. The van der Waals surface area contributed by atoms with Crippen LogP contribution in [0.25, 0.3) is 6.08 Å². The number of ether oxygens (including phenoxy) is 2. The van der Waals surface area contributed by atoms with Crippen molar-refractivity contribution in [3.8, 4) is 11.5 Å². The van der Waals surface area contributed by atoms with E-state index in [1.165, 1.54) is 21.7 Å². The summed E-state index contributed by atoms with van der Waals surface area (Å²) in [5, 5.41) is 2.18. The first kappa shape index (κ1) is 21.2. The van der Waals surface area contributed by atoms with Gasteiger partial charge in [0.15, 0.2) is 11.5 Å². The first-order valence-electron chi connectivity index (χ1n) is 9.55. The maximum atomic E-state index is 12.6. The number of halogens is 1. The monoisotopic (exact) mass is 468 g/mol. The quantitative estimate of drug-likeness (QED) is 0.644. The Morgan fingerprint density at radius 3 is 2.63 bits per heavy atom. The average molecular weight is 469 g/mol. The Balaban J connectivity index is 1.39. The molecule has 2 aliphatic heterocycles. The van der Waals surface area contributed by atoms with Crippen molar-refractivity contribution in [2.75, 3.05) is 39.4 Å². The topological polar surface area (TPSA) is 76.2 Å². The van der Waals surface area contributed by atoms with E-state index in [2.05, 4.69) is 0 Å². The molecule has 2 aromatic rings. The summed E-state index contributed by atoms with van der Waals surface area (Å²) in [5.74, 6) is 0.923. The molecule has 30 heavy (non-hydrogen) atoms. The van der Waals surface area contributed by atoms with Crippen molar-refractivity contribution in [3.63, 3.8) is 0 Å². The van der Waals surface area contributed by atoms with E-state index in [0.29, 0.717) is 47.0 Å². The third-order valence-corrected chi connectivity index (χ3v) is 8.43. The van der Waals surface area contributed by atoms with E-state index >= 15 is 0 Å². The Hall–Kier alpha value is -2.07. The summed E-state index contributed by atoms with van der Waals surface area (Å²) in [5.41, 5.74) is 0.733. The van der Waals surface area contributed by atoms with E-state index in [4.69, 9.17) is 21.1 Å². The Morgan fingerprint density at radius 1 is 1.13 bits per heavy atom. The summed E-state index contributed by atoms with van der Waals surface area (Å²) in [7, 11) is -3.48. The molecule has 1 amide bonds. The summed E-state index contributed by atoms with van der Waals surface area (Å²) < 4.78 is 38.2. The lowest BCUT2D eigenvalue weighted by molar-refractivity contribution is -0.127. The van der Waals surface area contributed by atoms with Crippen LogP contribution in [-0.4, -0.2) is 62.9 Å². The number of hydrogen-bond acceptors (Lipinski definition) is 6. The van der Waals surface area contributed by atoms with Crippen LogP contribution in [0.1, 0.15) is 12.0 Å². The smallest absolute Gasteiger partial charge is 0.252 e.